The summed E-state index contributed by atoms with van der Waals surface area (Å²) in [6.45, 7) is 0. The zero-order valence-electron chi connectivity index (χ0n) is 10.9. The number of fused-ring (bicyclic) bond motifs is 1. The largest absolute Gasteiger partial charge is 0.397 e. The summed E-state index contributed by atoms with van der Waals surface area (Å²) in [4.78, 5) is 12.3. The molecule has 0 spiro atoms. The highest BCUT2D eigenvalue weighted by atomic mass is 35.5. The fourth-order valence-electron chi connectivity index (χ4n) is 2.62. The molecule has 0 heterocycles. The average Bonchev–Trinajstić information content (AvgIpc) is 2.87. The molecule has 3 rings (SSSR count). The van der Waals surface area contributed by atoms with Gasteiger partial charge in [0.25, 0.3) is 0 Å². The highest BCUT2D eigenvalue weighted by molar-refractivity contribution is 6.31. The number of halogens is 1. The summed E-state index contributed by atoms with van der Waals surface area (Å²) in [6, 6.07) is 13.3. The van der Waals surface area contributed by atoms with Gasteiger partial charge in [0.15, 0.2) is 0 Å². The Labute approximate surface area is 122 Å². The van der Waals surface area contributed by atoms with Crippen molar-refractivity contribution in [3.63, 3.8) is 0 Å². The van der Waals surface area contributed by atoms with Gasteiger partial charge < -0.3 is 11.1 Å². The predicted molar refractivity (Wildman–Crippen MR) is 81.8 cm³/mol. The number of nitrogens with one attached hydrogen (secondary N) is 1. The van der Waals surface area contributed by atoms with Gasteiger partial charge in [0.05, 0.1) is 11.4 Å². The van der Waals surface area contributed by atoms with E-state index in [0.717, 1.165) is 12.8 Å². The van der Waals surface area contributed by atoms with Crippen LogP contribution in [0.1, 0.15) is 11.1 Å². The lowest BCUT2D eigenvalue weighted by atomic mass is 10.1. The molecule has 3 nitrogen and oxygen atoms in total. The number of anilines is 2. The van der Waals surface area contributed by atoms with Crippen molar-refractivity contribution >= 4 is 28.9 Å². The fraction of sp³-hybridized carbons (Fsp3) is 0.188. The number of amides is 1. The van der Waals surface area contributed by atoms with E-state index < -0.39 is 0 Å². The number of carbonyl (C=O) groups excluding carboxylic acids is 1. The molecule has 0 saturated heterocycles. The fourth-order valence-corrected chi connectivity index (χ4v) is 2.79. The van der Waals surface area contributed by atoms with Crippen molar-refractivity contribution in [1.82, 2.24) is 0 Å². The second-order valence-electron chi connectivity index (χ2n) is 5.09. The van der Waals surface area contributed by atoms with Crippen molar-refractivity contribution in [2.45, 2.75) is 12.8 Å². The van der Waals surface area contributed by atoms with Crippen molar-refractivity contribution < 1.29 is 4.79 Å². The highest BCUT2D eigenvalue weighted by Gasteiger charge is 2.27. The maximum Gasteiger partial charge on any atom is 0.228 e. The monoisotopic (exact) mass is 286 g/mol. The topological polar surface area (TPSA) is 55.1 Å². The second kappa shape index (κ2) is 5.17. The summed E-state index contributed by atoms with van der Waals surface area (Å²) in [5.41, 5.74) is 9.47. The first-order chi connectivity index (χ1) is 9.63. The lowest BCUT2D eigenvalue weighted by Crippen LogP contribution is -2.23. The summed E-state index contributed by atoms with van der Waals surface area (Å²) in [5.74, 6) is -0.0408. The quantitative estimate of drug-likeness (QED) is 0.833. The van der Waals surface area contributed by atoms with Crippen LogP contribution in [0.4, 0.5) is 11.4 Å². The highest BCUT2D eigenvalue weighted by Crippen LogP contribution is 2.29. The number of hydrogen-bond donors (Lipinski definition) is 2. The van der Waals surface area contributed by atoms with E-state index in [1.54, 1.807) is 18.2 Å². The molecular formula is C16H15ClN2O. The maximum atomic E-state index is 12.3. The summed E-state index contributed by atoms with van der Waals surface area (Å²) in [7, 11) is 0. The van der Waals surface area contributed by atoms with Gasteiger partial charge in [-0.1, -0.05) is 35.9 Å². The molecule has 1 aliphatic rings. The van der Waals surface area contributed by atoms with Crippen LogP contribution in [0.5, 0.6) is 0 Å². The molecule has 0 aliphatic heterocycles. The van der Waals surface area contributed by atoms with E-state index >= 15 is 0 Å². The molecular weight excluding hydrogens is 272 g/mol. The molecule has 0 bridgehead atoms. The van der Waals surface area contributed by atoms with E-state index in [2.05, 4.69) is 17.4 Å². The van der Waals surface area contributed by atoms with Crippen molar-refractivity contribution in [3.8, 4) is 0 Å². The van der Waals surface area contributed by atoms with Gasteiger partial charge in [0, 0.05) is 10.9 Å². The van der Waals surface area contributed by atoms with E-state index in [1.165, 1.54) is 11.1 Å². The lowest BCUT2D eigenvalue weighted by Gasteiger charge is -2.12. The van der Waals surface area contributed by atoms with Crippen LogP contribution >= 0.6 is 11.6 Å². The standard InChI is InChI=1S/C16H15ClN2O/c17-13-5-6-14(18)15(9-13)19-16(20)12-7-10-3-1-2-4-11(10)8-12/h1-6,9,12H,7-8,18H2,(H,19,20). The molecule has 20 heavy (non-hydrogen) atoms. The third-order valence-corrected chi connectivity index (χ3v) is 3.93. The van der Waals surface area contributed by atoms with Gasteiger partial charge in [-0.25, -0.2) is 0 Å². The molecule has 0 fully saturated rings. The summed E-state index contributed by atoms with van der Waals surface area (Å²) in [6.07, 6.45) is 1.56. The molecule has 1 aliphatic carbocycles. The first kappa shape index (κ1) is 13.0. The van der Waals surface area contributed by atoms with Crippen LogP contribution in [0, 0.1) is 5.92 Å². The van der Waals surface area contributed by atoms with E-state index in [1.807, 2.05) is 12.1 Å². The van der Waals surface area contributed by atoms with E-state index in [9.17, 15) is 4.79 Å². The van der Waals surface area contributed by atoms with Crippen LogP contribution in [0.2, 0.25) is 5.02 Å². The van der Waals surface area contributed by atoms with Gasteiger partial charge in [0.2, 0.25) is 5.91 Å². The minimum atomic E-state index is -0.0363. The number of nitrogens with two attached hydrogens (primary N) is 1. The normalized spacial score (nSPS) is 14.1. The Morgan fingerprint density at radius 2 is 1.80 bits per heavy atom. The van der Waals surface area contributed by atoms with Crippen LogP contribution in [0.15, 0.2) is 42.5 Å². The van der Waals surface area contributed by atoms with Gasteiger partial charge in [-0.15, -0.1) is 0 Å². The van der Waals surface area contributed by atoms with Crippen molar-refractivity contribution in [2.24, 2.45) is 5.92 Å². The van der Waals surface area contributed by atoms with Crippen LogP contribution in [-0.2, 0) is 17.6 Å². The van der Waals surface area contributed by atoms with Gasteiger partial charge >= 0.3 is 0 Å². The van der Waals surface area contributed by atoms with Crippen LogP contribution in [0.25, 0.3) is 0 Å². The number of carbonyl (C=O) groups is 1. The molecule has 0 aromatic heterocycles. The van der Waals surface area contributed by atoms with Crippen molar-refractivity contribution in [2.75, 3.05) is 11.1 Å². The second-order valence-corrected chi connectivity index (χ2v) is 5.53. The number of hydrogen-bond acceptors (Lipinski definition) is 2. The van der Waals surface area contributed by atoms with Gasteiger partial charge in [-0.2, -0.15) is 0 Å². The maximum absolute atomic E-state index is 12.3. The van der Waals surface area contributed by atoms with E-state index in [4.69, 9.17) is 17.3 Å². The van der Waals surface area contributed by atoms with E-state index in [-0.39, 0.29) is 11.8 Å². The van der Waals surface area contributed by atoms with Gasteiger partial charge in [-0.3, -0.25) is 4.79 Å². The zero-order valence-corrected chi connectivity index (χ0v) is 11.7. The third kappa shape index (κ3) is 2.49. The average molecular weight is 287 g/mol. The Morgan fingerprint density at radius 1 is 1.15 bits per heavy atom. The van der Waals surface area contributed by atoms with Crippen molar-refractivity contribution in [3.05, 3.63) is 58.6 Å². The van der Waals surface area contributed by atoms with Crippen LogP contribution in [-0.4, -0.2) is 5.91 Å². The first-order valence-electron chi connectivity index (χ1n) is 6.56. The molecule has 3 N–H and O–H groups in total. The molecule has 0 saturated carbocycles. The van der Waals surface area contributed by atoms with Crippen LogP contribution < -0.4 is 11.1 Å². The van der Waals surface area contributed by atoms with E-state index in [0.29, 0.717) is 16.4 Å². The molecule has 2 aromatic rings. The number of benzene rings is 2. The Bertz CT molecular complexity index is 644. The smallest absolute Gasteiger partial charge is 0.228 e. The minimum absolute atomic E-state index is 0.00448. The van der Waals surface area contributed by atoms with Gasteiger partial charge in [-0.05, 0) is 42.2 Å². The zero-order chi connectivity index (χ0) is 14.1. The third-order valence-electron chi connectivity index (χ3n) is 3.70. The Morgan fingerprint density at radius 3 is 2.45 bits per heavy atom. The molecule has 102 valence electrons. The molecule has 0 unspecified atom stereocenters. The molecule has 0 atom stereocenters. The first-order valence-corrected chi connectivity index (χ1v) is 6.94. The Hall–Kier alpha value is -2.00. The summed E-state index contributed by atoms with van der Waals surface area (Å²) >= 11 is 5.93. The predicted octanol–water partition coefficient (Wildman–Crippen LogP) is 3.28. The lowest BCUT2D eigenvalue weighted by molar-refractivity contribution is -0.119. The SMILES string of the molecule is Nc1ccc(Cl)cc1NC(=O)C1Cc2ccccc2C1. The number of rotatable bonds is 2. The van der Waals surface area contributed by atoms with Crippen LogP contribution in [0.3, 0.4) is 0 Å². The molecule has 1 amide bonds. The minimum Gasteiger partial charge on any atom is -0.397 e. The summed E-state index contributed by atoms with van der Waals surface area (Å²) in [5, 5.41) is 3.44. The van der Waals surface area contributed by atoms with Crippen molar-refractivity contribution in [1.29, 1.82) is 0 Å². The molecule has 0 radical (unpaired) electrons. The molecule has 2 aromatic carbocycles. The van der Waals surface area contributed by atoms with Gasteiger partial charge in [0.1, 0.15) is 0 Å². The Kier molecular flexibility index (Phi) is 3.36. The molecule has 4 heteroatoms. The number of nitrogen functional groups attached to an aromatic ring is 1. The summed E-state index contributed by atoms with van der Waals surface area (Å²) < 4.78 is 0. The Balaban J connectivity index is 1.74.